The Bertz CT molecular complexity index is 136. The predicted molar refractivity (Wildman–Crippen MR) is 25.9 cm³/mol. The van der Waals surface area contributed by atoms with Crippen LogP contribution in [0.15, 0.2) is 0 Å². The van der Waals surface area contributed by atoms with Crippen molar-refractivity contribution in [2.75, 3.05) is 0 Å². The summed E-state index contributed by atoms with van der Waals surface area (Å²) < 4.78 is 35.1. The van der Waals surface area contributed by atoms with E-state index in [1.165, 1.54) is 0 Å². The van der Waals surface area contributed by atoms with Gasteiger partial charge in [0.2, 0.25) is 0 Å². The van der Waals surface area contributed by atoms with Gasteiger partial charge in [0, 0.05) is 0 Å². The van der Waals surface area contributed by atoms with E-state index in [2.05, 4.69) is 10.3 Å². The Labute approximate surface area is 147 Å². The van der Waals surface area contributed by atoms with Crippen molar-refractivity contribution in [2.24, 2.45) is 10.3 Å². The molecule has 0 rings (SSSR count). The van der Waals surface area contributed by atoms with E-state index in [0.717, 1.165) is 0 Å². The summed E-state index contributed by atoms with van der Waals surface area (Å²) in [6, 6.07) is 0. The fourth-order valence-corrected chi connectivity index (χ4v) is 0. The molecule has 0 aliphatic carbocycles. The first-order valence-corrected chi connectivity index (χ1v) is 3.41. The molecule has 4 N–H and O–H groups in total. The summed E-state index contributed by atoms with van der Waals surface area (Å²) >= 11 is 0. The third-order valence-corrected chi connectivity index (χ3v) is 0. The van der Waals surface area contributed by atoms with E-state index < -0.39 is 21.8 Å². The van der Waals surface area contributed by atoms with Gasteiger partial charge in [-0.15, -0.1) is 0 Å². The van der Waals surface area contributed by atoms with Crippen LogP contribution in [-0.4, -0.2) is 0 Å². The maximum Gasteiger partial charge on any atom is 1.00 e. The van der Waals surface area contributed by atoms with E-state index >= 15 is 0 Å². The minimum Gasteiger partial charge on any atom is -0.409 e. The third-order valence-electron chi connectivity index (χ3n) is 0. The van der Waals surface area contributed by atoms with Crippen LogP contribution in [0.4, 0.5) is 0 Å². The molecule has 0 fully saturated rings. The maximum absolute atomic E-state index is 8.78. The molecule has 0 aromatic rings. The molecule has 0 aromatic carbocycles. The third kappa shape index (κ3) is 118. The van der Waals surface area contributed by atoms with Gasteiger partial charge in [0.05, 0.1) is 0 Å². The number of hydrogen-bond acceptors (Lipinski definition) is 6. The Morgan fingerprint density at radius 1 is 0.700 bits per heavy atom. The van der Waals surface area contributed by atoms with Crippen LogP contribution in [0.3, 0.4) is 0 Å². The Balaban J connectivity index is -0.0000000300. The van der Waals surface area contributed by atoms with Crippen LogP contribution in [0.25, 0.3) is 0 Å². The van der Waals surface area contributed by atoms with Gasteiger partial charge in [-0.1, -0.05) is 0 Å². The molecule has 52 valence electrons. The molecule has 0 heterocycles. The molecule has 0 unspecified atom stereocenters. The zero-order valence-electron chi connectivity index (χ0n) is 5.60. The van der Waals surface area contributed by atoms with Crippen molar-refractivity contribution in [1.29, 1.82) is 0 Å². The monoisotopic (exact) mass is 238 g/mol. The zero-order chi connectivity index (χ0) is 7.15. The Kier molecular flexibility index (Phi) is 41.7. The second-order valence-electron chi connectivity index (χ2n) is 0.521. The molecule has 0 amide bonds. The van der Waals surface area contributed by atoms with Crippen LogP contribution in [-0.2, 0) is 38.6 Å². The molecule has 0 bridgehead atoms. The SMILES string of the molecule is N[S-](=O)=O.N[S-](=O)=O.[K+].[K+]. The zero-order valence-corrected chi connectivity index (χ0v) is 13.5. The van der Waals surface area contributed by atoms with E-state index in [1.807, 2.05) is 0 Å². The molecule has 10 heavy (non-hydrogen) atoms. The average molecular weight is 238 g/mol. The van der Waals surface area contributed by atoms with Gasteiger partial charge in [-0.25, -0.2) is 0 Å². The van der Waals surface area contributed by atoms with Crippen LogP contribution < -0.4 is 113 Å². The molecule has 0 saturated heterocycles. The van der Waals surface area contributed by atoms with Gasteiger partial charge in [-0.05, 0) is 21.8 Å². The molecule has 6 nitrogen and oxygen atoms in total. The van der Waals surface area contributed by atoms with Crippen molar-refractivity contribution in [3.05, 3.63) is 0 Å². The van der Waals surface area contributed by atoms with Crippen molar-refractivity contribution in [3.8, 4) is 0 Å². The summed E-state index contributed by atoms with van der Waals surface area (Å²) in [4.78, 5) is 0. The minimum absolute atomic E-state index is 0. The standard InChI is InChI=1S/2K.2H2NO2S/c;;2*1-4(2)3/h;;2*(H2,1,2,3)/q2*+1;2*-1. The number of hydrogen-bond donors (Lipinski definition) is 2. The van der Waals surface area contributed by atoms with Gasteiger partial charge in [-0.3, -0.25) is 0 Å². The van der Waals surface area contributed by atoms with Crippen LogP contribution in [0.1, 0.15) is 0 Å². The smallest absolute Gasteiger partial charge is 0.409 e. The largest absolute Gasteiger partial charge is 1.00 e. The van der Waals surface area contributed by atoms with E-state index in [0.29, 0.717) is 0 Å². The Hall–Kier alpha value is 3.09. The average Bonchev–Trinajstić information content (AvgIpc) is 1.25. The van der Waals surface area contributed by atoms with E-state index in [9.17, 15) is 0 Å². The maximum atomic E-state index is 8.78. The van der Waals surface area contributed by atoms with Gasteiger partial charge in [0.1, 0.15) is 0 Å². The molecule has 0 spiro atoms. The van der Waals surface area contributed by atoms with Crippen LogP contribution in [0.5, 0.6) is 0 Å². The first-order chi connectivity index (χ1) is 3.46. The summed E-state index contributed by atoms with van der Waals surface area (Å²) in [5, 5.41) is 8.06. The minimum atomic E-state index is -2.36. The second-order valence-corrected chi connectivity index (χ2v) is 1.56. The second kappa shape index (κ2) is 18.0. The summed E-state index contributed by atoms with van der Waals surface area (Å²) in [5.74, 6) is 0. The van der Waals surface area contributed by atoms with Crippen LogP contribution in [0, 0.1) is 0 Å². The molecule has 0 aliphatic heterocycles. The summed E-state index contributed by atoms with van der Waals surface area (Å²) in [5.41, 5.74) is 0. The molecule has 0 radical (unpaired) electrons. The van der Waals surface area contributed by atoms with Crippen molar-refractivity contribution in [3.63, 3.8) is 0 Å². The van der Waals surface area contributed by atoms with E-state index in [4.69, 9.17) is 16.8 Å². The fraction of sp³-hybridized carbons (Fsp3) is 0. The van der Waals surface area contributed by atoms with Gasteiger partial charge in [0.15, 0.2) is 0 Å². The molecule has 0 aliphatic rings. The van der Waals surface area contributed by atoms with Crippen molar-refractivity contribution >= 4 is 21.8 Å². The Morgan fingerprint density at radius 3 is 0.700 bits per heavy atom. The van der Waals surface area contributed by atoms with Crippen molar-refractivity contribution < 1.29 is 120 Å². The fourth-order valence-electron chi connectivity index (χ4n) is 0. The normalized spacial score (nSPS) is 6.80. The molecule has 0 saturated carbocycles. The van der Waals surface area contributed by atoms with Gasteiger partial charge in [-0.2, -0.15) is 0 Å². The molecule has 0 atom stereocenters. The number of nitrogens with two attached hydrogens (primary N) is 2. The van der Waals surface area contributed by atoms with E-state index in [-0.39, 0.29) is 103 Å². The van der Waals surface area contributed by atoms with E-state index in [1.54, 1.807) is 0 Å². The van der Waals surface area contributed by atoms with Gasteiger partial charge >= 0.3 is 103 Å². The molecule has 10 heteroatoms. The molecular formula is H4K2N2O4S2. The summed E-state index contributed by atoms with van der Waals surface area (Å²) in [6.07, 6.45) is 0. The summed E-state index contributed by atoms with van der Waals surface area (Å²) in [7, 11) is -4.72. The first-order valence-electron chi connectivity index (χ1n) is 1.14. The van der Waals surface area contributed by atoms with Gasteiger partial charge < -0.3 is 27.1 Å². The van der Waals surface area contributed by atoms with Crippen molar-refractivity contribution in [1.82, 2.24) is 0 Å². The quantitative estimate of drug-likeness (QED) is 0.321. The molecular weight excluding hydrogens is 234 g/mol. The van der Waals surface area contributed by atoms with Gasteiger partial charge in [0.25, 0.3) is 0 Å². The predicted octanol–water partition coefficient (Wildman–Crippen LogP) is -7.65. The number of rotatable bonds is 0. The Morgan fingerprint density at radius 2 is 0.700 bits per heavy atom. The van der Waals surface area contributed by atoms with Crippen LogP contribution >= 0.6 is 0 Å². The first kappa shape index (κ1) is 23.2. The molecule has 0 aromatic heterocycles. The van der Waals surface area contributed by atoms with Crippen molar-refractivity contribution in [2.45, 2.75) is 0 Å². The topological polar surface area (TPSA) is 120 Å². The van der Waals surface area contributed by atoms with Crippen LogP contribution in [0.2, 0.25) is 0 Å². The summed E-state index contributed by atoms with van der Waals surface area (Å²) in [6.45, 7) is 0.